The van der Waals surface area contributed by atoms with E-state index in [1.165, 1.54) is 4.90 Å². The van der Waals surface area contributed by atoms with Gasteiger partial charge in [-0.3, -0.25) is 15.0 Å². The molecule has 6 nitrogen and oxygen atoms in total. The average molecular weight is 416 g/mol. The van der Waals surface area contributed by atoms with Crippen LogP contribution in [0.3, 0.4) is 0 Å². The molecule has 2 aromatic rings. The van der Waals surface area contributed by atoms with Gasteiger partial charge in [-0.2, -0.15) is 5.10 Å². The van der Waals surface area contributed by atoms with Crippen LogP contribution in [0.15, 0.2) is 58.1 Å². The highest BCUT2D eigenvalue weighted by Gasteiger charge is 2.39. The molecule has 134 valence electrons. The Labute approximate surface area is 160 Å². The number of hydrogen-bond acceptors (Lipinski definition) is 5. The van der Waals surface area contributed by atoms with Crippen LogP contribution in [0.2, 0.25) is 0 Å². The molecule has 1 fully saturated rings. The van der Waals surface area contributed by atoms with Gasteiger partial charge < -0.3 is 4.74 Å². The molecular weight excluding hydrogens is 398 g/mol. The average Bonchev–Trinajstić information content (AvgIpc) is 2.94. The number of benzene rings is 2. The molecule has 0 saturated carbocycles. The van der Waals surface area contributed by atoms with Crippen molar-refractivity contribution in [2.24, 2.45) is 5.10 Å². The van der Waals surface area contributed by atoms with Gasteiger partial charge in [-0.25, -0.2) is 4.90 Å². The SMILES string of the molecule is COc1ccc(N2C(=O)CC(N/N=C(\C)c3ccc(Br)cc3)C2=O)cc1. The molecular formula is C19H18BrN3O3. The van der Waals surface area contributed by atoms with Crippen molar-refractivity contribution in [2.45, 2.75) is 19.4 Å². The summed E-state index contributed by atoms with van der Waals surface area (Å²) in [5.41, 5.74) is 5.03. The van der Waals surface area contributed by atoms with Crippen LogP contribution in [0.1, 0.15) is 18.9 Å². The Balaban J connectivity index is 1.72. The Hall–Kier alpha value is -2.67. The summed E-state index contributed by atoms with van der Waals surface area (Å²) in [7, 11) is 1.56. The van der Waals surface area contributed by atoms with Gasteiger partial charge in [-0.15, -0.1) is 0 Å². The first-order valence-electron chi connectivity index (χ1n) is 8.06. The number of anilines is 1. The molecule has 1 N–H and O–H groups in total. The first-order chi connectivity index (χ1) is 12.5. The topological polar surface area (TPSA) is 71.0 Å². The second kappa shape index (κ2) is 7.70. The van der Waals surface area contributed by atoms with Crippen molar-refractivity contribution in [3.05, 3.63) is 58.6 Å². The maximum absolute atomic E-state index is 12.6. The highest BCUT2D eigenvalue weighted by molar-refractivity contribution is 9.10. The summed E-state index contributed by atoms with van der Waals surface area (Å²) in [4.78, 5) is 26.1. The van der Waals surface area contributed by atoms with Gasteiger partial charge in [0.2, 0.25) is 5.91 Å². The van der Waals surface area contributed by atoms with Gasteiger partial charge in [0, 0.05) is 4.47 Å². The standard InChI is InChI=1S/C19H18BrN3O3/c1-12(13-3-5-14(20)6-4-13)21-22-17-11-18(24)23(19(17)25)15-7-9-16(26-2)10-8-15/h3-10,17,22H,11H2,1-2H3/b21-12+. The van der Waals surface area contributed by atoms with E-state index in [1.807, 2.05) is 31.2 Å². The predicted molar refractivity (Wildman–Crippen MR) is 103 cm³/mol. The molecule has 1 atom stereocenters. The maximum atomic E-state index is 12.6. The third kappa shape index (κ3) is 3.77. The minimum absolute atomic E-state index is 0.0714. The van der Waals surface area contributed by atoms with Gasteiger partial charge in [-0.05, 0) is 48.9 Å². The van der Waals surface area contributed by atoms with E-state index in [4.69, 9.17) is 4.74 Å². The molecule has 2 aromatic carbocycles. The lowest BCUT2D eigenvalue weighted by molar-refractivity contribution is -0.121. The van der Waals surface area contributed by atoms with E-state index in [1.54, 1.807) is 31.4 Å². The number of imide groups is 1. The molecule has 1 unspecified atom stereocenters. The molecule has 0 aliphatic carbocycles. The van der Waals surface area contributed by atoms with Gasteiger partial charge in [0.25, 0.3) is 5.91 Å². The number of nitrogens with one attached hydrogen (secondary N) is 1. The molecule has 1 saturated heterocycles. The van der Waals surface area contributed by atoms with Crippen molar-refractivity contribution >= 4 is 39.1 Å². The zero-order valence-electron chi connectivity index (χ0n) is 14.4. The fourth-order valence-electron chi connectivity index (χ4n) is 2.67. The van der Waals surface area contributed by atoms with Crippen LogP contribution >= 0.6 is 15.9 Å². The van der Waals surface area contributed by atoms with E-state index < -0.39 is 6.04 Å². The molecule has 0 bridgehead atoms. The van der Waals surface area contributed by atoms with Crippen LogP contribution in [-0.4, -0.2) is 30.7 Å². The van der Waals surface area contributed by atoms with E-state index in [0.717, 1.165) is 15.7 Å². The molecule has 0 aromatic heterocycles. The number of carbonyl (C=O) groups excluding carboxylic acids is 2. The van der Waals surface area contributed by atoms with E-state index in [0.29, 0.717) is 11.4 Å². The Morgan fingerprint density at radius 2 is 1.81 bits per heavy atom. The second-order valence-corrected chi connectivity index (χ2v) is 6.77. The molecule has 26 heavy (non-hydrogen) atoms. The third-order valence-electron chi connectivity index (χ3n) is 4.13. The Bertz CT molecular complexity index is 847. The number of methoxy groups -OCH3 is 1. The lowest BCUT2D eigenvalue weighted by Crippen LogP contribution is -2.37. The summed E-state index contributed by atoms with van der Waals surface area (Å²) in [6.07, 6.45) is 0.0714. The normalized spacial score (nSPS) is 17.6. The highest BCUT2D eigenvalue weighted by Crippen LogP contribution is 2.25. The molecule has 0 spiro atoms. The minimum Gasteiger partial charge on any atom is -0.497 e. The summed E-state index contributed by atoms with van der Waals surface area (Å²) in [5.74, 6) is 0.0962. The van der Waals surface area contributed by atoms with Crippen molar-refractivity contribution in [1.82, 2.24) is 5.43 Å². The molecule has 7 heteroatoms. The van der Waals surface area contributed by atoms with Gasteiger partial charge in [-0.1, -0.05) is 28.1 Å². The number of hydrazone groups is 1. The second-order valence-electron chi connectivity index (χ2n) is 5.86. The van der Waals surface area contributed by atoms with Gasteiger partial charge in [0.05, 0.1) is 24.9 Å². The van der Waals surface area contributed by atoms with Gasteiger partial charge in [0.1, 0.15) is 11.8 Å². The van der Waals surface area contributed by atoms with Crippen LogP contribution in [0, 0.1) is 0 Å². The number of hydrogen-bond donors (Lipinski definition) is 1. The number of carbonyl (C=O) groups is 2. The van der Waals surface area contributed by atoms with Crippen molar-refractivity contribution < 1.29 is 14.3 Å². The number of amides is 2. The van der Waals surface area contributed by atoms with Crippen LogP contribution in [0.5, 0.6) is 5.75 Å². The zero-order valence-corrected chi connectivity index (χ0v) is 16.0. The van der Waals surface area contributed by atoms with Crippen LogP contribution in [0.25, 0.3) is 0 Å². The van der Waals surface area contributed by atoms with Crippen molar-refractivity contribution in [1.29, 1.82) is 0 Å². The third-order valence-corrected chi connectivity index (χ3v) is 4.66. The van der Waals surface area contributed by atoms with E-state index >= 15 is 0 Å². The first kappa shape index (κ1) is 18.1. The van der Waals surface area contributed by atoms with Crippen LogP contribution < -0.4 is 15.1 Å². The van der Waals surface area contributed by atoms with E-state index in [-0.39, 0.29) is 18.2 Å². The fourth-order valence-corrected chi connectivity index (χ4v) is 2.93. The quantitative estimate of drug-likeness (QED) is 0.462. The molecule has 0 radical (unpaired) electrons. The Kier molecular flexibility index (Phi) is 5.37. The molecule has 3 rings (SSSR count). The Morgan fingerprint density at radius 1 is 1.15 bits per heavy atom. The highest BCUT2D eigenvalue weighted by atomic mass is 79.9. The molecule has 1 heterocycles. The minimum atomic E-state index is -0.671. The number of halogens is 1. The zero-order chi connectivity index (χ0) is 18.7. The lowest BCUT2D eigenvalue weighted by atomic mass is 10.1. The number of ether oxygens (including phenoxy) is 1. The summed E-state index contributed by atoms with van der Waals surface area (Å²) in [5, 5.41) is 4.28. The first-order valence-corrected chi connectivity index (χ1v) is 8.85. The van der Waals surface area contributed by atoms with Crippen molar-refractivity contribution in [2.75, 3.05) is 12.0 Å². The smallest absolute Gasteiger partial charge is 0.258 e. The van der Waals surface area contributed by atoms with Crippen LogP contribution in [-0.2, 0) is 9.59 Å². The van der Waals surface area contributed by atoms with Crippen molar-refractivity contribution in [3.63, 3.8) is 0 Å². The van der Waals surface area contributed by atoms with Crippen LogP contribution in [0.4, 0.5) is 5.69 Å². The fraction of sp³-hybridized carbons (Fsp3) is 0.211. The summed E-state index contributed by atoms with van der Waals surface area (Å²) < 4.78 is 6.08. The largest absolute Gasteiger partial charge is 0.497 e. The molecule has 1 aliphatic heterocycles. The van der Waals surface area contributed by atoms with Crippen molar-refractivity contribution in [3.8, 4) is 5.75 Å². The Morgan fingerprint density at radius 3 is 2.42 bits per heavy atom. The van der Waals surface area contributed by atoms with Gasteiger partial charge in [0.15, 0.2) is 0 Å². The van der Waals surface area contributed by atoms with E-state index in [2.05, 4.69) is 26.5 Å². The maximum Gasteiger partial charge on any atom is 0.258 e. The monoisotopic (exact) mass is 415 g/mol. The van der Waals surface area contributed by atoms with E-state index in [9.17, 15) is 9.59 Å². The van der Waals surface area contributed by atoms with Gasteiger partial charge >= 0.3 is 0 Å². The number of rotatable bonds is 5. The molecule has 1 aliphatic rings. The summed E-state index contributed by atoms with van der Waals surface area (Å²) >= 11 is 3.39. The summed E-state index contributed by atoms with van der Waals surface area (Å²) in [6.45, 7) is 1.85. The lowest BCUT2D eigenvalue weighted by Gasteiger charge is -2.15. The summed E-state index contributed by atoms with van der Waals surface area (Å²) in [6, 6.07) is 13.8. The number of nitrogens with zero attached hydrogens (tertiary/aromatic N) is 2. The molecule has 2 amide bonds. The predicted octanol–water partition coefficient (Wildman–Crippen LogP) is 3.10.